The summed E-state index contributed by atoms with van der Waals surface area (Å²) < 4.78 is 15.1. The number of carboxylic acid groups (broad SMARTS) is 1. The minimum Gasteiger partial charge on any atom is -0.480 e. The highest BCUT2D eigenvalue weighted by Gasteiger charge is 2.24. The van der Waals surface area contributed by atoms with Crippen molar-refractivity contribution < 1.29 is 19.1 Å². The molecule has 0 saturated carbocycles. The number of aliphatic carboxylic acids is 1. The molecule has 2 aromatic carbocycles. The number of hydrogen-bond acceptors (Lipinski definition) is 9. The van der Waals surface area contributed by atoms with Crippen molar-refractivity contribution in [2.45, 2.75) is 31.6 Å². The van der Waals surface area contributed by atoms with E-state index in [1.807, 2.05) is 13.0 Å². The second-order valence-electron chi connectivity index (χ2n) is 8.54. The minimum atomic E-state index is -1.32. The third-order valence-corrected chi connectivity index (χ3v) is 6.73. The first-order valence-corrected chi connectivity index (χ1v) is 12.5. The monoisotopic (exact) mass is 550 g/mol. The number of tetrazole rings is 1. The van der Waals surface area contributed by atoms with E-state index < -0.39 is 23.7 Å². The third kappa shape index (κ3) is 6.39. The topological polar surface area (TPSA) is 170 Å². The minimum absolute atomic E-state index is 0.0979. The van der Waals surface area contributed by atoms with Crippen LogP contribution in [0.4, 0.5) is 10.1 Å². The molecule has 12 nitrogen and oxygen atoms in total. The summed E-state index contributed by atoms with van der Waals surface area (Å²) >= 11 is 0.965. The van der Waals surface area contributed by atoms with Crippen LogP contribution in [-0.2, 0) is 11.3 Å². The van der Waals surface area contributed by atoms with Crippen molar-refractivity contribution in [3.8, 4) is 12.3 Å². The van der Waals surface area contributed by atoms with Gasteiger partial charge in [-0.3, -0.25) is 9.59 Å². The zero-order chi connectivity index (χ0) is 28.1. The first-order valence-electron chi connectivity index (χ1n) is 11.5. The molecule has 0 aliphatic rings. The van der Waals surface area contributed by atoms with Crippen LogP contribution in [0.2, 0.25) is 0 Å². The number of carbonyl (C=O) groups is 2. The lowest BCUT2D eigenvalue weighted by Crippen LogP contribution is -2.42. The Balaban J connectivity index is 1.54. The predicted octanol–water partition coefficient (Wildman–Crippen LogP) is 1.81. The zero-order valence-corrected chi connectivity index (χ0v) is 21.7. The van der Waals surface area contributed by atoms with Crippen LogP contribution in [0.3, 0.4) is 0 Å². The van der Waals surface area contributed by atoms with Crippen molar-refractivity contribution in [2.75, 3.05) is 17.2 Å². The molecular weight excluding hydrogens is 527 g/mol. The molecule has 200 valence electrons. The summed E-state index contributed by atoms with van der Waals surface area (Å²) in [6.45, 7) is 3.97. The number of halogens is 1. The van der Waals surface area contributed by atoms with Crippen molar-refractivity contribution in [2.24, 2.45) is 0 Å². The summed E-state index contributed by atoms with van der Waals surface area (Å²) in [5, 5.41) is 25.4. The van der Waals surface area contributed by atoms with E-state index in [4.69, 9.17) is 6.42 Å². The highest BCUT2D eigenvalue weighted by Crippen LogP contribution is 2.24. The fraction of sp³-hybridized carbons (Fsp3) is 0.240. The second-order valence-corrected chi connectivity index (χ2v) is 9.53. The normalized spacial score (nSPS) is 11.6. The van der Waals surface area contributed by atoms with Gasteiger partial charge >= 0.3 is 5.97 Å². The first-order chi connectivity index (χ1) is 18.7. The number of carbonyl (C=O) groups excluding carboxylic acids is 1. The molecule has 14 heteroatoms. The van der Waals surface area contributed by atoms with Gasteiger partial charge < -0.3 is 20.3 Å². The molecule has 0 aliphatic heterocycles. The van der Waals surface area contributed by atoms with Crippen molar-refractivity contribution in [1.82, 2.24) is 35.9 Å². The van der Waals surface area contributed by atoms with E-state index in [1.165, 1.54) is 12.1 Å². The molecule has 2 aromatic heterocycles. The number of nitrogens with one attached hydrogen (secondary N) is 3. The molecule has 1 amide bonds. The van der Waals surface area contributed by atoms with Crippen molar-refractivity contribution >= 4 is 40.2 Å². The third-order valence-electron chi connectivity index (χ3n) is 5.80. The molecule has 0 bridgehead atoms. The standard InChI is InChI=1S/C25H23FN8O4S/c1-4-7-34(11-15-9-18-20(8-13(15)2)27-14(3)28-23(18)36)16-5-6-17(19(26)10-16)22(35)29-21(24(37)38)12-39-25-30-32-33-31-25/h1,5-6,8-10,21H,7,11-12H2,2-3H3,(H,29,35)(H,37,38)(H,27,28,36)(H,30,31,32,33)/t21-/m0/s1. The Kier molecular flexibility index (Phi) is 8.21. The van der Waals surface area contributed by atoms with Crippen molar-refractivity contribution in [1.29, 1.82) is 0 Å². The van der Waals surface area contributed by atoms with Crippen LogP contribution in [0.5, 0.6) is 0 Å². The van der Waals surface area contributed by atoms with Crippen LogP contribution < -0.4 is 15.8 Å². The van der Waals surface area contributed by atoms with Crippen LogP contribution >= 0.6 is 11.8 Å². The second kappa shape index (κ2) is 11.7. The van der Waals surface area contributed by atoms with Crippen molar-refractivity contribution in [3.63, 3.8) is 0 Å². The smallest absolute Gasteiger partial charge is 0.327 e. The number of aryl methyl sites for hydroxylation is 2. The van der Waals surface area contributed by atoms with Crippen LogP contribution in [0.25, 0.3) is 10.9 Å². The van der Waals surface area contributed by atoms with Crippen LogP contribution in [0.15, 0.2) is 40.3 Å². The zero-order valence-electron chi connectivity index (χ0n) is 20.9. The predicted molar refractivity (Wildman–Crippen MR) is 142 cm³/mol. The van der Waals surface area contributed by atoms with Crippen LogP contribution in [0.1, 0.15) is 27.3 Å². The molecule has 39 heavy (non-hydrogen) atoms. The fourth-order valence-corrected chi connectivity index (χ4v) is 4.59. The summed E-state index contributed by atoms with van der Waals surface area (Å²) in [7, 11) is 0. The Labute approximate surface area is 225 Å². The summed E-state index contributed by atoms with van der Waals surface area (Å²) in [4.78, 5) is 45.5. The summed E-state index contributed by atoms with van der Waals surface area (Å²) in [6, 6.07) is 6.16. The Morgan fingerprint density at radius 1 is 1.28 bits per heavy atom. The Morgan fingerprint density at radius 2 is 2.08 bits per heavy atom. The molecule has 4 rings (SSSR count). The lowest BCUT2D eigenvalue weighted by atomic mass is 10.0. The number of benzene rings is 2. The number of nitrogens with zero attached hydrogens (tertiary/aromatic N) is 5. The SMILES string of the molecule is C#CCN(Cc1cc2c(=O)[nH]c(C)nc2cc1C)c1ccc(C(=O)N[C@@H](CSc2nn[nH]n2)C(=O)O)c(F)c1. The van der Waals surface area contributed by atoms with Gasteiger partial charge in [0, 0.05) is 18.0 Å². The lowest BCUT2D eigenvalue weighted by Gasteiger charge is -2.24. The van der Waals surface area contributed by atoms with Gasteiger partial charge in [0.1, 0.15) is 17.7 Å². The van der Waals surface area contributed by atoms with Gasteiger partial charge in [0.15, 0.2) is 0 Å². The van der Waals surface area contributed by atoms with Gasteiger partial charge in [-0.2, -0.15) is 5.21 Å². The van der Waals surface area contributed by atoms with Crippen LogP contribution in [-0.4, -0.2) is 65.9 Å². The number of amides is 1. The van der Waals surface area contributed by atoms with E-state index in [1.54, 1.807) is 17.9 Å². The summed E-state index contributed by atoms with van der Waals surface area (Å²) in [5.74, 6) is -0.0929. The number of carboxylic acids is 1. The van der Waals surface area contributed by atoms with E-state index in [9.17, 15) is 19.5 Å². The average Bonchev–Trinajstić information content (AvgIpc) is 3.40. The fourth-order valence-electron chi connectivity index (χ4n) is 3.84. The number of rotatable bonds is 10. The summed E-state index contributed by atoms with van der Waals surface area (Å²) in [6.07, 6.45) is 5.57. The van der Waals surface area contributed by atoms with Gasteiger partial charge in [-0.25, -0.2) is 14.2 Å². The van der Waals surface area contributed by atoms with Gasteiger partial charge in [0.05, 0.1) is 23.0 Å². The van der Waals surface area contributed by atoms with Gasteiger partial charge in [0.25, 0.3) is 11.5 Å². The Hall–Kier alpha value is -4.77. The first kappa shape index (κ1) is 27.3. The maximum Gasteiger partial charge on any atom is 0.327 e. The van der Waals surface area contributed by atoms with E-state index in [0.717, 1.165) is 29.0 Å². The molecule has 0 fully saturated rings. The Bertz CT molecular complexity index is 1630. The molecule has 2 heterocycles. The molecule has 0 radical (unpaired) electrons. The molecule has 0 aliphatic carbocycles. The maximum absolute atomic E-state index is 15.1. The molecule has 4 aromatic rings. The highest BCUT2D eigenvalue weighted by molar-refractivity contribution is 7.99. The average molecular weight is 551 g/mol. The molecule has 1 atom stereocenters. The van der Waals surface area contributed by atoms with E-state index in [0.29, 0.717) is 22.4 Å². The van der Waals surface area contributed by atoms with Gasteiger partial charge in [-0.1, -0.05) is 17.7 Å². The quantitative estimate of drug-likeness (QED) is 0.169. The molecule has 0 saturated heterocycles. The number of aromatic nitrogens is 6. The number of aromatic amines is 2. The number of hydrogen-bond donors (Lipinski definition) is 4. The molecule has 0 unspecified atom stereocenters. The number of H-pyrrole nitrogens is 2. The van der Waals surface area contributed by atoms with E-state index >= 15 is 4.39 Å². The Morgan fingerprint density at radius 3 is 2.74 bits per heavy atom. The number of fused-ring (bicyclic) bond motifs is 1. The van der Waals surface area contributed by atoms with Gasteiger partial charge in [-0.15, -0.1) is 16.6 Å². The molecule has 4 N–H and O–H groups in total. The molecular formula is C25H23FN8O4S. The van der Waals surface area contributed by atoms with E-state index in [-0.39, 0.29) is 35.1 Å². The lowest BCUT2D eigenvalue weighted by molar-refractivity contribution is -0.138. The van der Waals surface area contributed by atoms with E-state index in [2.05, 4.69) is 41.8 Å². The number of thioether (sulfide) groups is 1. The summed E-state index contributed by atoms with van der Waals surface area (Å²) in [5.41, 5.74) is 2.04. The van der Waals surface area contributed by atoms with Crippen molar-refractivity contribution in [3.05, 3.63) is 69.0 Å². The van der Waals surface area contributed by atoms with Crippen LogP contribution in [0, 0.1) is 32.0 Å². The molecule has 0 spiro atoms. The maximum atomic E-state index is 15.1. The highest BCUT2D eigenvalue weighted by atomic mass is 32.2. The number of anilines is 1. The number of terminal acetylenes is 1. The van der Waals surface area contributed by atoms with Gasteiger partial charge in [0.2, 0.25) is 5.16 Å². The largest absolute Gasteiger partial charge is 0.480 e. The van der Waals surface area contributed by atoms with Gasteiger partial charge in [-0.05, 0) is 60.5 Å².